The van der Waals surface area contributed by atoms with Gasteiger partial charge in [0.25, 0.3) is 0 Å². The van der Waals surface area contributed by atoms with Crippen molar-refractivity contribution in [3.8, 4) is 0 Å². The Hall–Kier alpha value is -2.68. The number of para-hydroxylation sites is 1. The first-order valence-electron chi connectivity index (χ1n) is 10.3. The number of aromatic nitrogens is 1. The summed E-state index contributed by atoms with van der Waals surface area (Å²) >= 11 is 0. The number of aliphatic imine (C=N–C) groups is 1. The molecule has 2 aromatic heterocycles. The summed E-state index contributed by atoms with van der Waals surface area (Å²) in [5.74, 6) is 0. The van der Waals surface area contributed by atoms with E-state index < -0.39 is 13.7 Å². The van der Waals surface area contributed by atoms with Crippen molar-refractivity contribution < 1.29 is 15.4 Å². The third-order valence-corrected chi connectivity index (χ3v) is 2.98. The summed E-state index contributed by atoms with van der Waals surface area (Å²) in [5, 5.41) is 1.26. The van der Waals surface area contributed by atoms with E-state index >= 15 is 0 Å². The van der Waals surface area contributed by atoms with Crippen LogP contribution in [-0.4, -0.2) is 11.2 Å². The van der Waals surface area contributed by atoms with Crippen LogP contribution in [0.25, 0.3) is 27.8 Å². The second-order valence-electron chi connectivity index (χ2n) is 4.43. The molecule has 0 spiro atoms. The Bertz CT molecular complexity index is 1150. The minimum atomic E-state index is -2.50. The van der Waals surface area contributed by atoms with Crippen molar-refractivity contribution >= 4 is 34.0 Å². The van der Waals surface area contributed by atoms with Crippen LogP contribution in [0.4, 0.5) is 0 Å². The minimum Gasteiger partial charge on any atom is -0.437 e. The Labute approximate surface area is 134 Å². The van der Waals surface area contributed by atoms with E-state index in [0.29, 0.717) is 28.5 Å². The normalized spacial score (nSPS) is 20.4. The van der Waals surface area contributed by atoms with Gasteiger partial charge in [-0.15, -0.1) is 0 Å². The minimum absolute atomic E-state index is 0.0946. The quantitative estimate of drug-likeness (QED) is 0.641. The summed E-state index contributed by atoms with van der Waals surface area (Å²) in [4.78, 5) is 8.14. The summed E-state index contributed by atoms with van der Waals surface area (Å²) in [6.07, 6.45) is 1.02. The van der Waals surface area contributed by atoms with Gasteiger partial charge in [0.05, 0.1) is 8.44 Å². The number of furan rings is 1. The number of aryl methyl sites for hydroxylation is 1. The van der Waals surface area contributed by atoms with Gasteiger partial charge in [-0.3, -0.25) is 4.99 Å². The van der Waals surface area contributed by atoms with Crippen molar-refractivity contribution in [2.75, 3.05) is 0 Å². The molecule has 0 saturated carbocycles. The maximum absolute atomic E-state index is 7.67. The number of hydrogen-bond acceptors (Lipinski definition) is 3. The monoisotopic (exact) mass is 284 g/mol. The molecule has 1 aromatic carbocycles. The second-order valence-corrected chi connectivity index (χ2v) is 4.43. The van der Waals surface area contributed by atoms with Crippen LogP contribution >= 0.6 is 0 Å². The Balaban J connectivity index is 2.14. The molecule has 3 heteroatoms. The number of fused-ring (bicyclic) bond motifs is 3. The largest absolute Gasteiger partial charge is 0.437 e. The summed E-state index contributed by atoms with van der Waals surface area (Å²) in [7, 11) is 0. The van der Waals surface area contributed by atoms with Crippen LogP contribution in [0.5, 0.6) is 0 Å². The molecule has 0 unspecified atom stereocenters. The lowest BCUT2D eigenvalue weighted by atomic mass is 10.1. The number of pyridine rings is 1. The van der Waals surface area contributed by atoms with Gasteiger partial charge in [-0.2, -0.15) is 0 Å². The Morgan fingerprint density at radius 2 is 2.33 bits per heavy atom. The Morgan fingerprint density at radius 1 is 1.33 bits per heavy atom. The average molecular weight is 284 g/mol. The lowest BCUT2D eigenvalue weighted by Crippen LogP contribution is -1.82. The SMILES string of the molecule is [2H]C=C(N=CC(=C[2H])C([2H])([2H])[2H])c1cccc2c1oc1nc(C([2H])([2H])[2H])ccc12. The van der Waals surface area contributed by atoms with E-state index in [4.69, 9.17) is 15.4 Å². The molecule has 0 amide bonds. The standard InChI is InChI=1S/C18H16N2O/c1-11(2)10-19-13(4)14-6-5-7-15-16-9-8-12(3)20-18(16)21-17(14)15/h5-10H,1,4H2,2-3H3/i1D,2D3,3D3,4D. The van der Waals surface area contributed by atoms with Gasteiger partial charge < -0.3 is 4.42 Å². The molecule has 2 heterocycles. The zero-order valence-corrected chi connectivity index (χ0v) is 10.9. The van der Waals surface area contributed by atoms with Crippen LogP contribution in [0.15, 0.2) is 58.4 Å². The molecule has 0 N–H and O–H groups in total. The molecule has 0 aliphatic rings. The fourth-order valence-corrected chi connectivity index (χ4v) is 2.09. The van der Waals surface area contributed by atoms with Gasteiger partial charge in [-0.1, -0.05) is 25.2 Å². The van der Waals surface area contributed by atoms with E-state index in [0.717, 1.165) is 12.8 Å². The van der Waals surface area contributed by atoms with Crippen LogP contribution in [0.3, 0.4) is 0 Å². The number of rotatable bonds is 3. The second kappa shape index (κ2) is 5.02. The molecule has 0 aliphatic heterocycles. The highest BCUT2D eigenvalue weighted by molar-refractivity contribution is 6.07. The molecule has 0 atom stereocenters. The van der Waals surface area contributed by atoms with Crippen LogP contribution in [0, 0.1) is 6.85 Å². The van der Waals surface area contributed by atoms with E-state index in [1.807, 2.05) is 0 Å². The highest BCUT2D eigenvalue weighted by Gasteiger charge is 2.12. The molecule has 3 rings (SSSR count). The van der Waals surface area contributed by atoms with Crippen LogP contribution in [0.1, 0.15) is 29.1 Å². The predicted octanol–water partition coefficient (Wildman–Crippen LogP) is 4.91. The van der Waals surface area contributed by atoms with Crippen molar-refractivity contribution in [3.05, 3.63) is 60.3 Å². The predicted molar refractivity (Wildman–Crippen MR) is 88.6 cm³/mol. The molecule has 0 radical (unpaired) electrons. The molecular weight excluding hydrogens is 260 g/mol. The topological polar surface area (TPSA) is 38.4 Å². The van der Waals surface area contributed by atoms with E-state index in [1.54, 1.807) is 24.3 Å². The van der Waals surface area contributed by atoms with Gasteiger partial charge in [0, 0.05) is 36.5 Å². The molecule has 0 aliphatic carbocycles. The van der Waals surface area contributed by atoms with E-state index in [9.17, 15) is 0 Å². The highest BCUT2D eigenvalue weighted by atomic mass is 16.3. The molecule has 3 nitrogen and oxygen atoms in total. The molecule has 0 saturated heterocycles. The Kier molecular flexibility index (Phi) is 1.64. The third kappa shape index (κ3) is 2.38. The fraction of sp³-hybridized carbons (Fsp3) is 0.111. The fourth-order valence-electron chi connectivity index (χ4n) is 2.09. The van der Waals surface area contributed by atoms with Crippen molar-refractivity contribution in [1.82, 2.24) is 4.98 Å². The maximum atomic E-state index is 7.67. The molecule has 21 heavy (non-hydrogen) atoms. The van der Waals surface area contributed by atoms with Gasteiger partial charge in [0.1, 0.15) is 5.58 Å². The molecule has 3 aromatic rings. The van der Waals surface area contributed by atoms with Crippen molar-refractivity contribution in [2.45, 2.75) is 13.7 Å². The van der Waals surface area contributed by atoms with Crippen LogP contribution < -0.4 is 0 Å². The van der Waals surface area contributed by atoms with Gasteiger partial charge in [-0.25, -0.2) is 4.98 Å². The summed E-state index contributed by atoms with van der Waals surface area (Å²) in [6, 6.07) is 8.16. The molecular formula is C18H16N2O. The Morgan fingerprint density at radius 3 is 3.14 bits per heavy atom. The van der Waals surface area contributed by atoms with Gasteiger partial charge >= 0.3 is 0 Å². The number of nitrogens with zero attached hydrogens (tertiary/aromatic N) is 2. The van der Waals surface area contributed by atoms with Crippen LogP contribution in [0.2, 0.25) is 0 Å². The lowest BCUT2D eigenvalue weighted by molar-refractivity contribution is 0.651. The van der Waals surface area contributed by atoms with Gasteiger partial charge in [0.2, 0.25) is 5.71 Å². The third-order valence-electron chi connectivity index (χ3n) is 2.98. The smallest absolute Gasteiger partial charge is 0.227 e. The zero-order chi connectivity index (χ0) is 21.4. The van der Waals surface area contributed by atoms with Gasteiger partial charge in [0.15, 0.2) is 0 Å². The van der Waals surface area contributed by atoms with E-state index in [-0.39, 0.29) is 22.7 Å². The van der Waals surface area contributed by atoms with E-state index in [2.05, 4.69) is 9.98 Å². The highest BCUT2D eigenvalue weighted by Crippen LogP contribution is 2.32. The zero-order valence-electron chi connectivity index (χ0n) is 18.9. The maximum Gasteiger partial charge on any atom is 0.227 e. The summed E-state index contributed by atoms with van der Waals surface area (Å²) < 4.78 is 65.3. The van der Waals surface area contributed by atoms with Gasteiger partial charge in [-0.05, 0) is 37.5 Å². The number of allylic oxidation sites excluding steroid dienone is 1. The number of benzene rings is 1. The van der Waals surface area contributed by atoms with Crippen molar-refractivity contribution in [2.24, 2.45) is 4.99 Å². The molecule has 0 fully saturated rings. The number of hydrogen-bond donors (Lipinski definition) is 0. The summed E-state index contributed by atoms with van der Waals surface area (Å²) in [5.41, 5.74) is 0.647. The van der Waals surface area contributed by atoms with E-state index in [1.165, 1.54) is 6.07 Å². The molecule has 104 valence electrons. The molecule has 0 bridgehead atoms. The van der Waals surface area contributed by atoms with Crippen molar-refractivity contribution in [3.63, 3.8) is 0 Å². The van der Waals surface area contributed by atoms with Crippen LogP contribution in [-0.2, 0) is 0 Å². The summed E-state index contributed by atoms with van der Waals surface area (Å²) in [6.45, 7) is -3.24. The first-order chi connectivity index (χ1) is 13.6. The first-order valence-corrected chi connectivity index (χ1v) is 6.11. The van der Waals surface area contributed by atoms with Crippen molar-refractivity contribution in [1.29, 1.82) is 0 Å². The lowest BCUT2D eigenvalue weighted by Gasteiger charge is -2.00. The average Bonchev–Trinajstić information content (AvgIpc) is 3.02. The first kappa shape index (κ1) is 6.85.